The molecule has 0 fully saturated rings. The molecule has 0 atom stereocenters. The maximum absolute atomic E-state index is 11.6. The summed E-state index contributed by atoms with van der Waals surface area (Å²) in [5.41, 5.74) is 0.425. The van der Waals surface area contributed by atoms with E-state index in [1.165, 1.54) is 0 Å². The fourth-order valence-electron chi connectivity index (χ4n) is 1.09. The quantitative estimate of drug-likeness (QED) is 0.808. The van der Waals surface area contributed by atoms with Crippen molar-refractivity contribution in [1.82, 2.24) is 5.32 Å². The number of amides is 2. The van der Waals surface area contributed by atoms with Crippen molar-refractivity contribution >= 4 is 39.2 Å². The molecule has 2 N–H and O–H groups in total. The van der Waals surface area contributed by atoms with Gasteiger partial charge < -0.3 is 10.6 Å². The fraction of sp³-hybridized carbons (Fsp3) is 0.364. The molecule has 0 aliphatic heterocycles. The lowest BCUT2D eigenvalue weighted by Gasteiger charge is -2.21. The number of nitrogens with one attached hydrogen (secondary N) is 2. The Bertz CT molecular complexity index is 401. The molecule has 0 saturated carbocycles. The van der Waals surface area contributed by atoms with Crippen molar-refractivity contribution in [2.75, 3.05) is 5.32 Å². The summed E-state index contributed by atoms with van der Waals surface area (Å²) in [7, 11) is 0. The molecule has 0 bridgehead atoms. The predicted octanol–water partition coefficient (Wildman–Crippen LogP) is 4.02. The normalized spacial score (nSPS) is 11.1. The highest BCUT2D eigenvalue weighted by Gasteiger charge is 2.14. The van der Waals surface area contributed by atoms with E-state index in [1.54, 1.807) is 18.2 Å². The average Bonchev–Trinajstić information content (AvgIpc) is 2.06. The van der Waals surface area contributed by atoms with Gasteiger partial charge in [0.25, 0.3) is 0 Å². The SMILES string of the molecule is CC(C)(C)NC(=O)Nc1ccc(Cl)cc1Br. The summed E-state index contributed by atoms with van der Waals surface area (Å²) in [6.45, 7) is 5.76. The molecule has 88 valence electrons. The molecule has 0 spiro atoms. The van der Waals surface area contributed by atoms with Crippen LogP contribution in [-0.4, -0.2) is 11.6 Å². The van der Waals surface area contributed by atoms with Crippen molar-refractivity contribution in [3.8, 4) is 0 Å². The van der Waals surface area contributed by atoms with Crippen LogP contribution in [0.1, 0.15) is 20.8 Å². The lowest BCUT2D eigenvalue weighted by molar-refractivity contribution is 0.244. The molecule has 1 rings (SSSR count). The number of carbonyl (C=O) groups is 1. The Morgan fingerprint density at radius 3 is 2.50 bits per heavy atom. The molecule has 16 heavy (non-hydrogen) atoms. The van der Waals surface area contributed by atoms with Crippen LogP contribution in [0.5, 0.6) is 0 Å². The van der Waals surface area contributed by atoms with Crippen molar-refractivity contribution in [3.63, 3.8) is 0 Å². The predicted molar refractivity (Wildman–Crippen MR) is 71.1 cm³/mol. The first-order valence-electron chi connectivity index (χ1n) is 4.82. The van der Waals surface area contributed by atoms with Crippen LogP contribution in [0.4, 0.5) is 10.5 Å². The Labute approximate surface area is 109 Å². The number of rotatable bonds is 1. The Kier molecular flexibility index (Phi) is 4.21. The smallest absolute Gasteiger partial charge is 0.319 e. The summed E-state index contributed by atoms with van der Waals surface area (Å²) < 4.78 is 0.754. The first kappa shape index (κ1) is 13.3. The van der Waals surface area contributed by atoms with E-state index in [-0.39, 0.29) is 11.6 Å². The van der Waals surface area contributed by atoms with Crippen LogP contribution in [0.3, 0.4) is 0 Å². The van der Waals surface area contributed by atoms with Crippen LogP contribution in [0.25, 0.3) is 0 Å². The molecule has 1 aromatic carbocycles. The number of urea groups is 1. The monoisotopic (exact) mass is 304 g/mol. The van der Waals surface area contributed by atoms with E-state index in [2.05, 4.69) is 26.6 Å². The van der Waals surface area contributed by atoms with E-state index >= 15 is 0 Å². The lowest BCUT2D eigenvalue weighted by Crippen LogP contribution is -2.43. The minimum absolute atomic E-state index is 0.240. The maximum atomic E-state index is 11.6. The molecule has 0 heterocycles. The van der Waals surface area contributed by atoms with E-state index in [9.17, 15) is 4.79 Å². The standard InChI is InChI=1S/C11H14BrClN2O/c1-11(2,3)15-10(16)14-9-5-4-7(13)6-8(9)12/h4-6H,1-3H3,(H2,14,15,16). The van der Waals surface area contributed by atoms with Crippen LogP contribution in [0, 0.1) is 0 Å². The minimum atomic E-state index is -0.261. The van der Waals surface area contributed by atoms with Crippen molar-refractivity contribution < 1.29 is 4.79 Å². The van der Waals surface area contributed by atoms with Gasteiger partial charge in [-0.1, -0.05) is 11.6 Å². The number of hydrogen-bond donors (Lipinski definition) is 2. The Morgan fingerprint density at radius 2 is 2.00 bits per heavy atom. The zero-order valence-electron chi connectivity index (χ0n) is 9.40. The summed E-state index contributed by atoms with van der Waals surface area (Å²) in [5, 5.41) is 6.16. The van der Waals surface area contributed by atoms with E-state index in [0.717, 1.165) is 4.47 Å². The number of hydrogen-bond acceptors (Lipinski definition) is 1. The number of benzene rings is 1. The van der Waals surface area contributed by atoms with Crippen LogP contribution in [-0.2, 0) is 0 Å². The second-order valence-electron chi connectivity index (χ2n) is 4.45. The third kappa shape index (κ3) is 4.41. The number of anilines is 1. The van der Waals surface area contributed by atoms with Gasteiger partial charge in [0.15, 0.2) is 0 Å². The molecule has 0 aliphatic carbocycles. The maximum Gasteiger partial charge on any atom is 0.319 e. The first-order valence-corrected chi connectivity index (χ1v) is 5.99. The minimum Gasteiger partial charge on any atom is -0.333 e. The number of halogens is 2. The summed E-state index contributed by atoms with van der Waals surface area (Å²) in [6.07, 6.45) is 0. The van der Waals surface area contributed by atoms with Gasteiger partial charge in [-0.05, 0) is 54.9 Å². The van der Waals surface area contributed by atoms with Crippen LogP contribution in [0.15, 0.2) is 22.7 Å². The van der Waals surface area contributed by atoms with Gasteiger partial charge in [-0.2, -0.15) is 0 Å². The highest BCUT2D eigenvalue weighted by Crippen LogP contribution is 2.25. The summed E-state index contributed by atoms with van der Waals surface area (Å²) in [6, 6.07) is 4.96. The van der Waals surface area contributed by atoms with Gasteiger partial charge in [0.05, 0.1) is 5.69 Å². The lowest BCUT2D eigenvalue weighted by atomic mass is 10.1. The average molecular weight is 306 g/mol. The zero-order chi connectivity index (χ0) is 12.3. The van der Waals surface area contributed by atoms with Crippen molar-refractivity contribution in [2.45, 2.75) is 26.3 Å². The Hall–Kier alpha value is -0.740. The van der Waals surface area contributed by atoms with Gasteiger partial charge in [0.1, 0.15) is 0 Å². The van der Waals surface area contributed by atoms with E-state index in [4.69, 9.17) is 11.6 Å². The molecule has 2 amide bonds. The molecule has 1 aromatic rings. The van der Waals surface area contributed by atoms with Crippen molar-refractivity contribution in [3.05, 3.63) is 27.7 Å². The van der Waals surface area contributed by atoms with Crippen LogP contribution in [0.2, 0.25) is 5.02 Å². The van der Waals surface area contributed by atoms with Crippen LogP contribution >= 0.6 is 27.5 Å². The highest BCUT2D eigenvalue weighted by atomic mass is 79.9. The molecule has 0 aromatic heterocycles. The van der Waals surface area contributed by atoms with Crippen molar-refractivity contribution in [2.24, 2.45) is 0 Å². The van der Waals surface area contributed by atoms with Gasteiger partial charge >= 0.3 is 6.03 Å². The molecule has 0 saturated heterocycles. The summed E-state index contributed by atoms with van der Waals surface area (Å²) >= 11 is 9.13. The summed E-state index contributed by atoms with van der Waals surface area (Å²) in [5.74, 6) is 0. The topological polar surface area (TPSA) is 41.1 Å². The Balaban J connectivity index is 2.70. The molecule has 5 heteroatoms. The van der Waals surface area contributed by atoms with Gasteiger partial charge in [-0.3, -0.25) is 0 Å². The molecule has 0 unspecified atom stereocenters. The van der Waals surface area contributed by atoms with Gasteiger partial charge in [-0.15, -0.1) is 0 Å². The second-order valence-corrected chi connectivity index (χ2v) is 5.74. The largest absolute Gasteiger partial charge is 0.333 e. The highest BCUT2D eigenvalue weighted by molar-refractivity contribution is 9.10. The van der Waals surface area contributed by atoms with Gasteiger partial charge in [-0.25, -0.2) is 4.79 Å². The second kappa shape index (κ2) is 5.06. The fourth-order valence-corrected chi connectivity index (χ4v) is 1.87. The van der Waals surface area contributed by atoms with Gasteiger partial charge in [0.2, 0.25) is 0 Å². The summed E-state index contributed by atoms with van der Waals surface area (Å²) in [4.78, 5) is 11.6. The third-order valence-electron chi connectivity index (χ3n) is 1.67. The molecular formula is C11H14BrClN2O. The Morgan fingerprint density at radius 1 is 1.38 bits per heavy atom. The first-order chi connectivity index (χ1) is 7.28. The molecule has 3 nitrogen and oxygen atoms in total. The molecular weight excluding hydrogens is 291 g/mol. The van der Waals surface area contributed by atoms with E-state index in [1.807, 2.05) is 20.8 Å². The van der Waals surface area contributed by atoms with E-state index < -0.39 is 0 Å². The van der Waals surface area contributed by atoms with Crippen LogP contribution < -0.4 is 10.6 Å². The van der Waals surface area contributed by atoms with Gasteiger partial charge in [0, 0.05) is 15.0 Å². The third-order valence-corrected chi connectivity index (χ3v) is 2.56. The van der Waals surface area contributed by atoms with Crippen molar-refractivity contribution in [1.29, 1.82) is 0 Å². The van der Waals surface area contributed by atoms with E-state index in [0.29, 0.717) is 10.7 Å². The number of carbonyl (C=O) groups excluding carboxylic acids is 1. The molecule has 0 radical (unpaired) electrons. The zero-order valence-corrected chi connectivity index (χ0v) is 11.7. The molecule has 0 aliphatic rings.